The Kier molecular flexibility index (Phi) is 3.60. The molecule has 1 heterocycles. The summed E-state index contributed by atoms with van der Waals surface area (Å²) in [6.45, 7) is 0. The van der Waals surface area contributed by atoms with Crippen molar-refractivity contribution in [3.05, 3.63) is 84.9 Å². The van der Waals surface area contributed by atoms with Crippen LogP contribution in [0.2, 0.25) is 0 Å². The molecule has 3 heteroatoms. The highest BCUT2D eigenvalue weighted by atomic mass is 16.3. The van der Waals surface area contributed by atoms with Gasteiger partial charge in [0, 0.05) is 16.6 Å². The fourth-order valence-electron chi connectivity index (χ4n) is 2.77. The molecule has 0 aliphatic heterocycles. The third-order valence-electron chi connectivity index (χ3n) is 3.94. The number of phenolic OH excluding ortho intramolecular Hbond substituents is 1. The molecule has 0 fully saturated rings. The average molecular weight is 312 g/mol. The van der Waals surface area contributed by atoms with Crippen LogP contribution in [0.15, 0.2) is 84.9 Å². The van der Waals surface area contributed by atoms with E-state index < -0.39 is 0 Å². The van der Waals surface area contributed by atoms with Crippen LogP contribution in [-0.2, 0) is 0 Å². The molecule has 4 rings (SSSR count). The summed E-state index contributed by atoms with van der Waals surface area (Å²) >= 11 is 0. The van der Waals surface area contributed by atoms with Gasteiger partial charge in [-0.3, -0.25) is 0 Å². The first kappa shape index (κ1) is 14.3. The third kappa shape index (κ3) is 2.68. The Balaban J connectivity index is 1.92. The number of rotatable bonds is 3. The number of pyridine rings is 1. The van der Waals surface area contributed by atoms with Crippen LogP contribution in [0.5, 0.6) is 5.75 Å². The van der Waals surface area contributed by atoms with Crippen molar-refractivity contribution in [2.24, 2.45) is 0 Å². The van der Waals surface area contributed by atoms with Gasteiger partial charge in [-0.25, -0.2) is 4.98 Å². The van der Waals surface area contributed by atoms with Gasteiger partial charge in [-0.05, 0) is 24.3 Å². The fourth-order valence-corrected chi connectivity index (χ4v) is 2.77. The van der Waals surface area contributed by atoms with E-state index in [4.69, 9.17) is 0 Å². The summed E-state index contributed by atoms with van der Waals surface area (Å²) in [5.41, 5.74) is 4.34. The standard InChI is InChI=1S/C21H16N2O/c24-20-13-7-12-17-19(22-16-10-5-2-6-11-16)14-18(23-21(17)20)15-8-3-1-4-9-15/h1-14,24H,(H,22,23). The Bertz CT molecular complexity index is 983. The van der Waals surface area contributed by atoms with Crippen LogP contribution in [0, 0.1) is 0 Å². The maximum Gasteiger partial charge on any atom is 0.141 e. The predicted octanol–water partition coefficient (Wildman–Crippen LogP) is 5.35. The van der Waals surface area contributed by atoms with Gasteiger partial charge < -0.3 is 10.4 Å². The third-order valence-corrected chi connectivity index (χ3v) is 3.94. The topological polar surface area (TPSA) is 45.1 Å². The molecule has 24 heavy (non-hydrogen) atoms. The van der Waals surface area contributed by atoms with Gasteiger partial charge in [0.05, 0.1) is 11.4 Å². The highest BCUT2D eigenvalue weighted by molar-refractivity contribution is 5.98. The second-order valence-corrected chi connectivity index (χ2v) is 5.59. The van der Waals surface area contributed by atoms with Crippen LogP contribution in [0.3, 0.4) is 0 Å². The van der Waals surface area contributed by atoms with E-state index in [9.17, 15) is 5.11 Å². The Hall–Kier alpha value is -3.33. The number of hydrogen-bond donors (Lipinski definition) is 2. The Morgan fingerprint density at radius 2 is 1.46 bits per heavy atom. The van der Waals surface area contributed by atoms with E-state index >= 15 is 0 Å². The van der Waals surface area contributed by atoms with E-state index in [1.165, 1.54) is 0 Å². The van der Waals surface area contributed by atoms with Crippen molar-refractivity contribution in [3.8, 4) is 17.0 Å². The van der Waals surface area contributed by atoms with Gasteiger partial charge in [0.25, 0.3) is 0 Å². The number of fused-ring (bicyclic) bond motifs is 1. The van der Waals surface area contributed by atoms with Crippen molar-refractivity contribution in [1.82, 2.24) is 4.98 Å². The predicted molar refractivity (Wildman–Crippen MR) is 98.6 cm³/mol. The lowest BCUT2D eigenvalue weighted by Gasteiger charge is -2.13. The first-order valence-corrected chi connectivity index (χ1v) is 7.81. The van der Waals surface area contributed by atoms with Crippen molar-refractivity contribution < 1.29 is 5.11 Å². The molecule has 0 atom stereocenters. The van der Waals surface area contributed by atoms with Gasteiger partial charge in [-0.1, -0.05) is 60.7 Å². The minimum absolute atomic E-state index is 0.182. The van der Waals surface area contributed by atoms with Crippen LogP contribution >= 0.6 is 0 Å². The number of anilines is 2. The maximum absolute atomic E-state index is 10.2. The summed E-state index contributed by atoms with van der Waals surface area (Å²) in [6.07, 6.45) is 0. The van der Waals surface area contributed by atoms with Gasteiger partial charge in [0.1, 0.15) is 11.3 Å². The number of aromatic nitrogens is 1. The number of nitrogens with one attached hydrogen (secondary N) is 1. The molecule has 1 aromatic heterocycles. The highest BCUT2D eigenvalue weighted by Crippen LogP contribution is 2.34. The number of para-hydroxylation sites is 2. The molecule has 0 spiro atoms. The summed E-state index contributed by atoms with van der Waals surface area (Å²) in [7, 11) is 0. The minimum Gasteiger partial charge on any atom is -0.506 e. The molecule has 3 nitrogen and oxygen atoms in total. The molecular weight excluding hydrogens is 296 g/mol. The Morgan fingerprint density at radius 3 is 2.21 bits per heavy atom. The highest BCUT2D eigenvalue weighted by Gasteiger charge is 2.10. The smallest absolute Gasteiger partial charge is 0.141 e. The lowest BCUT2D eigenvalue weighted by Crippen LogP contribution is -1.95. The zero-order chi connectivity index (χ0) is 16.4. The van der Waals surface area contributed by atoms with Gasteiger partial charge in [-0.15, -0.1) is 0 Å². The number of aromatic hydroxyl groups is 1. The molecule has 0 bridgehead atoms. The first-order valence-electron chi connectivity index (χ1n) is 7.81. The molecule has 4 aromatic rings. The zero-order valence-corrected chi connectivity index (χ0v) is 13.0. The largest absolute Gasteiger partial charge is 0.506 e. The Labute approximate surface area is 140 Å². The quantitative estimate of drug-likeness (QED) is 0.536. The molecule has 116 valence electrons. The molecule has 0 amide bonds. The molecule has 3 aromatic carbocycles. The van der Waals surface area contributed by atoms with E-state index in [0.717, 1.165) is 28.0 Å². The van der Waals surface area contributed by atoms with Crippen molar-refractivity contribution in [2.75, 3.05) is 5.32 Å². The maximum atomic E-state index is 10.2. The molecule has 0 aliphatic carbocycles. The van der Waals surface area contributed by atoms with Crippen molar-refractivity contribution >= 4 is 22.3 Å². The molecule has 2 N–H and O–H groups in total. The number of benzene rings is 3. The van der Waals surface area contributed by atoms with E-state index in [2.05, 4.69) is 10.3 Å². The van der Waals surface area contributed by atoms with Gasteiger partial charge >= 0.3 is 0 Å². The van der Waals surface area contributed by atoms with E-state index in [0.29, 0.717) is 5.52 Å². The second kappa shape index (κ2) is 6.05. The van der Waals surface area contributed by atoms with Gasteiger partial charge in [0.2, 0.25) is 0 Å². The lowest BCUT2D eigenvalue weighted by atomic mass is 10.1. The summed E-state index contributed by atoms with van der Waals surface area (Å²) in [4.78, 5) is 4.66. The van der Waals surface area contributed by atoms with Crippen molar-refractivity contribution in [2.45, 2.75) is 0 Å². The summed E-state index contributed by atoms with van der Waals surface area (Å²) in [5.74, 6) is 0.182. The van der Waals surface area contributed by atoms with Crippen LogP contribution in [0.25, 0.3) is 22.2 Å². The lowest BCUT2D eigenvalue weighted by molar-refractivity contribution is 0.480. The number of phenols is 1. The molecule has 0 radical (unpaired) electrons. The zero-order valence-electron chi connectivity index (χ0n) is 13.0. The molecule has 0 saturated heterocycles. The molecular formula is C21H16N2O. The van der Waals surface area contributed by atoms with Crippen molar-refractivity contribution in [3.63, 3.8) is 0 Å². The van der Waals surface area contributed by atoms with Gasteiger partial charge in [0.15, 0.2) is 0 Å². The first-order chi connectivity index (χ1) is 11.8. The van der Waals surface area contributed by atoms with E-state index in [1.54, 1.807) is 6.07 Å². The summed E-state index contributed by atoms with van der Waals surface area (Å²) in [5, 5.41) is 14.6. The molecule has 0 unspecified atom stereocenters. The molecule has 0 aliphatic rings. The van der Waals surface area contributed by atoms with Gasteiger partial charge in [-0.2, -0.15) is 0 Å². The van der Waals surface area contributed by atoms with Crippen LogP contribution in [0.1, 0.15) is 0 Å². The average Bonchev–Trinajstić information content (AvgIpc) is 2.64. The normalized spacial score (nSPS) is 10.7. The monoisotopic (exact) mass is 312 g/mol. The number of nitrogens with zero attached hydrogens (tertiary/aromatic N) is 1. The van der Waals surface area contributed by atoms with Crippen LogP contribution in [-0.4, -0.2) is 10.1 Å². The van der Waals surface area contributed by atoms with E-state index in [-0.39, 0.29) is 5.75 Å². The Morgan fingerprint density at radius 1 is 0.750 bits per heavy atom. The summed E-state index contributed by atoms with van der Waals surface area (Å²) < 4.78 is 0. The van der Waals surface area contributed by atoms with Crippen molar-refractivity contribution in [1.29, 1.82) is 0 Å². The SMILES string of the molecule is Oc1cccc2c(Nc3ccccc3)cc(-c3ccccc3)nc12. The number of hydrogen-bond acceptors (Lipinski definition) is 3. The second-order valence-electron chi connectivity index (χ2n) is 5.59. The molecule has 0 saturated carbocycles. The van der Waals surface area contributed by atoms with E-state index in [1.807, 2.05) is 78.9 Å². The minimum atomic E-state index is 0.182. The van der Waals surface area contributed by atoms with Crippen LogP contribution < -0.4 is 5.32 Å². The van der Waals surface area contributed by atoms with Crippen LogP contribution in [0.4, 0.5) is 11.4 Å². The fraction of sp³-hybridized carbons (Fsp3) is 0. The summed E-state index contributed by atoms with van der Waals surface area (Å²) in [6, 6.07) is 27.4.